The fraction of sp³-hybridized carbons (Fsp3) is 0.875. The molecule has 2 amide bonds. The standard InChI is InChI=1S/C16H30N2O3/c1-12(2)9-13(14(19)20)10-17-15(21)18-11-16(3)7-5-4-6-8-16/h12-13H,4-11H2,1-3H3,(H,19,20)(H2,17,18,21). The summed E-state index contributed by atoms with van der Waals surface area (Å²) in [6, 6.07) is -0.253. The smallest absolute Gasteiger partial charge is 0.314 e. The number of hydrogen-bond acceptors (Lipinski definition) is 2. The second-order valence-electron chi connectivity index (χ2n) is 7.10. The summed E-state index contributed by atoms with van der Waals surface area (Å²) in [5.74, 6) is -1.05. The average molecular weight is 298 g/mol. The molecule has 1 saturated carbocycles. The summed E-state index contributed by atoms with van der Waals surface area (Å²) in [5.41, 5.74) is 0.194. The highest BCUT2D eigenvalue weighted by Crippen LogP contribution is 2.34. The highest BCUT2D eigenvalue weighted by molar-refractivity contribution is 5.75. The number of amides is 2. The van der Waals surface area contributed by atoms with Gasteiger partial charge >= 0.3 is 12.0 Å². The van der Waals surface area contributed by atoms with E-state index in [0.717, 1.165) is 12.8 Å². The first-order valence-corrected chi connectivity index (χ1v) is 8.07. The number of carbonyl (C=O) groups is 2. The third kappa shape index (κ3) is 6.82. The minimum atomic E-state index is -0.844. The molecule has 0 heterocycles. The van der Waals surface area contributed by atoms with Crippen LogP contribution in [0.15, 0.2) is 0 Å². The summed E-state index contributed by atoms with van der Waals surface area (Å²) < 4.78 is 0. The molecule has 3 N–H and O–H groups in total. The molecule has 0 bridgehead atoms. The molecule has 1 unspecified atom stereocenters. The summed E-state index contributed by atoms with van der Waals surface area (Å²) in [6.07, 6.45) is 6.63. The molecule has 0 spiro atoms. The molecule has 5 heteroatoms. The molecule has 1 fully saturated rings. The van der Waals surface area contributed by atoms with Crippen molar-refractivity contribution < 1.29 is 14.7 Å². The van der Waals surface area contributed by atoms with E-state index >= 15 is 0 Å². The van der Waals surface area contributed by atoms with E-state index in [2.05, 4.69) is 17.6 Å². The van der Waals surface area contributed by atoms with Crippen molar-refractivity contribution in [1.29, 1.82) is 0 Å². The first kappa shape index (κ1) is 17.8. The van der Waals surface area contributed by atoms with Crippen LogP contribution in [-0.4, -0.2) is 30.2 Å². The second kappa shape index (κ2) is 8.25. The molecule has 122 valence electrons. The van der Waals surface area contributed by atoms with Crippen molar-refractivity contribution in [1.82, 2.24) is 10.6 Å². The third-order valence-corrected chi connectivity index (χ3v) is 4.35. The maximum absolute atomic E-state index is 11.8. The number of hydrogen-bond donors (Lipinski definition) is 3. The minimum Gasteiger partial charge on any atom is -0.481 e. The van der Waals surface area contributed by atoms with E-state index in [1.54, 1.807) is 0 Å². The Balaban J connectivity index is 2.30. The second-order valence-corrected chi connectivity index (χ2v) is 7.10. The van der Waals surface area contributed by atoms with Crippen molar-refractivity contribution in [3.8, 4) is 0 Å². The molecule has 0 aromatic carbocycles. The highest BCUT2D eigenvalue weighted by atomic mass is 16.4. The lowest BCUT2D eigenvalue weighted by atomic mass is 9.76. The van der Waals surface area contributed by atoms with Crippen LogP contribution in [0.5, 0.6) is 0 Å². The number of carboxylic acids is 1. The minimum absolute atomic E-state index is 0.191. The summed E-state index contributed by atoms with van der Waals surface area (Å²) in [6.45, 7) is 7.04. The maximum Gasteiger partial charge on any atom is 0.314 e. The lowest BCUT2D eigenvalue weighted by molar-refractivity contribution is -0.142. The number of nitrogens with one attached hydrogen (secondary N) is 2. The van der Waals surface area contributed by atoms with Crippen molar-refractivity contribution >= 4 is 12.0 Å². The van der Waals surface area contributed by atoms with E-state index in [0.29, 0.717) is 18.9 Å². The predicted octanol–water partition coefficient (Wildman–Crippen LogP) is 3.00. The molecule has 1 aliphatic carbocycles. The van der Waals surface area contributed by atoms with Gasteiger partial charge in [-0.25, -0.2) is 4.79 Å². The van der Waals surface area contributed by atoms with Crippen molar-refractivity contribution in [3.05, 3.63) is 0 Å². The highest BCUT2D eigenvalue weighted by Gasteiger charge is 2.27. The zero-order chi connectivity index (χ0) is 15.9. The van der Waals surface area contributed by atoms with E-state index in [4.69, 9.17) is 5.11 Å². The van der Waals surface area contributed by atoms with Crippen LogP contribution in [0.25, 0.3) is 0 Å². The summed E-state index contributed by atoms with van der Waals surface area (Å²) in [4.78, 5) is 23.0. The fourth-order valence-electron chi connectivity index (χ4n) is 2.99. The van der Waals surface area contributed by atoms with Gasteiger partial charge in [-0.3, -0.25) is 4.79 Å². The summed E-state index contributed by atoms with van der Waals surface area (Å²) >= 11 is 0. The lowest BCUT2D eigenvalue weighted by Gasteiger charge is -2.33. The zero-order valence-electron chi connectivity index (χ0n) is 13.6. The number of urea groups is 1. The Labute approximate surface area is 127 Å². The number of aliphatic carboxylic acids is 1. The van der Waals surface area contributed by atoms with Gasteiger partial charge in [0, 0.05) is 13.1 Å². The quantitative estimate of drug-likeness (QED) is 0.676. The van der Waals surface area contributed by atoms with Gasteiger partial charge in [0.1, 0.15) is 0 Å². The van der Waals surface area contributed by atoms with E-state index in [1.807, 2.05) is 13.8 Å². The van der Waals surface area contributed by atoms with Crippen LogP contribution in [0.2, 0.25) is 0 Å². The van der Waals surface area contributed by atoms with Gasteiger partial charge in [-0.05, 0) is 30.6 Å². The van der Waals surface area contributed by atoms with Gasteiger partial charge in [0.2, 0.25) is 0 Å². The molecule has 0 aromatic heterocycles. The molecular weight excluding hydrogens is 268 g/mol. The molecule has 1 atom stereocenters. The van der Waals surface area contributed by atoms with Crippen molar-refractivity contribution in [2.45, 2.75) is 59.3 Å². The number of rotatable bonds is 7. The molecule has 1 aliphatic rings. The normalized spacial score (nSPS) is 19.0. The van der Waals surface area contributed by atoms with Gasteiger partial charge in [0.25, 0.3) is 0 Å². The van der Waals surface area contributed by atoms with Gasteiger partial charge in [-0.1, -0.05) is 40.0 Å². The molecular formula is C16H30N2O3. The van der Waals surface area contributed by atoms with Crippen LogP contribution >= 0.6 is 0 Å². The average Bonchev–Trinajstić information content (AvgIpc) is 2.41. The third-order valence-electron chi connectivity index (χ3n) is 4.35. The van der Waals surface area contributed by atoms with Crippen LogP contribution < -0.4 is 10.6 Å². The molecule has 21 heavy (non-hydrogen) atoms. The van der Waals surface area contributed by atoms with Crippen LogP contribution in [-0.2, 0) is 4.79 Å². The SMILES string of the molecule is CC(C)CC(CNC(=O)NCC1(C)CCCCC1)C(=O)O. The van der Waals surface area contributed by atoms with Crippen LogP contribution in [0.4, 0.5) is 4.79 Å². The van der Waals surface area contributed by atoms with Crippen molar-refractivity contribution in [3.63, 3.8) is 0 Å². The fourth-order valence-corrected chi connectivity index (χ4v) is 2.99. The number of carboxylic acid groups (broad SMARTS) is 1. The van der Waals surface area contributed by atoms with Crippen LogP contribution in [0.3, 0.4) is 0 Å². The first-order valence-electron chi connectivity index (χ1n) is 8.07. The van der Waals surface area contributed by atoms with E-state index < -0.39 is 11.9 Å². The van der Waals surface area contributed by atoms with Gasteiger partial charge in [0.15, 0.2) is 0 Å². The molecule has 0 saturated heterocycles. The van der Waals surface area contributed by atoms with Gasteiger partial charge < -0.3 is 15.7 Å². The van der Waals surface area contributed by atoms with Gasteiger partial charge in [-0.2, -0.15) is 0 Å². The largest absolute Gasteiger partial charge is 0.481 e. The molecule has 0 radical (unpaired) electrons. The van der Waals surface area contributed by atoms with E-state index in [9.17, 15) is 9.59 Å². The number of carbonyl (C=O) groups excluding carboxylic acids is 1. The van der Waals surface area contributed by atoms with Crippen molar-refractivity contribution in [2.24, 2.45) is 17.3 Å². The molecule has 1 rings (SSSR count). The molecule has 0 aromatic rings. The molecule has 5 nitrogen and oxygen atoms in total. The van der Waals surface area contributed by atoms with E-state index in [1.165, 1.54) is 19.3 Å². The summed E-state index contributed by atoms with van der Waals surface area (Å²) in [7, 11) is 0. The van der Waals surface area contributed by atoms with Gasteiger partial charge in [-0.15, -0.1) is 0 Å². The Morgan fingerprint density at radius 3 is 2.29 bits per heavy atom. The monoisotopic (exact) mass is 298 g/mol. The Kier molecular flexibility index (Phi) is 6.99. The summed E-state index contributed by atoms with van der Waals surface area (Å²) in [5, 5.41) is 14.7. The molecule has 0 aliphatic heterocycles. The van der Waals surface area contributed by atoms with E-state index in [-0.39, 0.29) is 18.0 Å². The maximum atomic E-state index is 11.8. The zero-order valence-corrected chi connectivity index (χ0v) is 13.6. The first-order chi connectivity index (χ1) is 9.82. The Morgan fingerprint density at radius 1 is 1.14 bits per heavy atom. The topological polar surface area (TPSA) is 78.4 Å². The predicted molar refractivity (Wildman–Crippen MR) is 83.2 cm³/mol. The Morgan fingerprint density at radius 2 is 1.76 bits per heavy atom. The van der Waals surface area contributed by atoms with Crippen molar-refractivity contribution in [2.75, 3.05) is 13.1 Å². The van der Waals surface area contributed by atoms with Crippen LogP contribution in [0, 0.1) is 17.3 Å². The van der Waals surface area contributed by atoms with Gasteiger partial charge in [0.05, 0.1) is 5.92 Å². The Bertz CT molecular complexity index is 349. The van der Waals surface area contributed by atoms with Crippen LogP contribution in [0.1, 0.15) is 59.3 Å². The lowest BCUT2D eigenvalue weighted by Crippen LogP contribution is -2.44. The Hall–Kier alpha value is -1.26.